The number of allylic oxidation sites excluding steroid dienone is 1. The molecule has 0 fully saturated rings. The first-order chi connectivity index (χ1) is 27.2. The largest absolute Gasteiger partial charge is 0.456 e. The minimum absolute atomic E-state index is 0.209. The van der Waals surface area contributed by atoms with Gasteiger partial charge < -0.3 is 4.42 Å². The fourth-order valence-electron chi connectivity index (χ4n) is 8.51. The summed E-state index contributed by atoms with van der Waals surface area (Å²) < 4.78 is 7.92. The van der Waals surface area contributed by atoms with Crippen molar-refractivity contribution in [1.82, 2.24) is 15.0 Å². The molecule has 2 unspecified atom stereocenters. The van der Waals surface area contributed by atoms with Gasteiger partial charge in [-0.25, -0.2) is 15.0 Å². The van der Waals surface area contributed by atoms with E-state index >= 15 is 0 Å². The molecular formula is C50H33N3OS. The molecule has 0 amide bonds. The topological polar surface area (TPSA) is 51.8 Å². The monoisotopic (exact) mass is 723 g/mol. The summed E-state index contributed by atoms with van der Waals surface area (Å²) in [5, 5.41) is 6.05. The number of furan rings is 1. The van der Waals surface area contributed by atoms with E-state index in [-0.39, 0.29) is 5.92 Å². The van der Waals surface area contributed by atoms with Crippen molar-refractivity contribution in [2.45, 2.75) is 18.8 Å². The molecule has 3 heterocycles. The number of fused-ring (bicyclic) bond motifs is 8. The number of thiophene rings is 1. The number of hydrogen-bond acceptors (Lipinski definition) is 5. The van der Waals surface area contributed by atoms with Gasteiger partial charge >= 0.3 is 0 Å². The predicted octanol–water partition coefficient (Wildman–Crippen LogP) is 13.7. The Hall–Kier alpha value is -6.69. The van der Waals surface area contributed by atoms with Gasteiger partial charge in [0.05, 0.1) is 0 Å². The van der Waals surface area contributed by atoms with Crippen LogP contribution in [0.5, 0.6) is 0 Å². The van der Waals surface area contributed by atoms with E-state index in [9.17, 15) is 0 Å². The molecule has 5 heteroatoms. The van der Waals surface area contributed by atoms with Crippen LogP contribution < -0.4 is 0 Å². The summed E-state index contributed by atoms with van der Waals surface area (Å²) in [6, 6.07) is 55.1. The van der Waals surface area contributed by atoms with Crippen molar-refractivity contribution < 1.29 is 4.42 Å². The van der Waals surface area contributed by atoms with Crippen molar-refractivity contribution in [1.29, 1.82) is 0 Å². The summed E-state index contributed by atoms with van der Waals surface area (Å²) in [6.07, 6.45) is 4.73. The summed E-state index contributed by atoms with van der Waals surface area (Å²) in [5.74, 6) is 2.37. The maximum Gasteiger partial charge on any atom is 0.164 e. The quantitative estimate of drug-likeness (QED) is 0.177. The van der Waals surface area contributed by atoms with Crippen molar-refractivity contribution >= 4 is 60.2 Å². The standard InChI is InChI=1S/C50H33N3OS/c1-30-35(26-28-44-45(30)39-25-23-32-15-8-9-19-37(32)47(39)55-44)34-24-27-42-41(29-34)46-40(21-12-22-43(46)54-42)50-52-48(33-16-6-3-7-17-33)51-49(53-50)38-20-11-10-18-36(38)31-13-4-2-5-14-31/h2-30,35H,1H3. The average molecular weight is 724 g/mol. The van der Waals surface area contributed by atoms with E-state index in [2.05, 4.69) is 134 Å². The third kappa shape index (κ3) is 5.23. The molecule has 0 aliphatic heterocycles. The van der Waals surface area contributed by atoms with Crippen LogP contribution in [0.1, 0.15) is 34.8 Å². The molecule has 0 bridgehead atoms. The second-order valence-electron chi connectivity index (χ2n) is 14.3. The number of rotatable bonds is 5. The molecule has 0 N–H and O–H groups in total. The number of aromatic nitrogens is 3. The Morgan fingerprint density at radius 2 is 1.22 bits per heavy atom. The molecule has 4 nitrogen and oxygen atoms in total. The van der Waals surface area contributed by atoms with Gasteiger partial charge in [0, 0.05) is 43.0 Å². The fraction of sp³-hybridized carbons (Fsp3) is 0.0600. The van der Waals surface area contributed by atoms with Crippen LogP contribution in [0, 0.1) is 0 Å². The highest BCUT2D eigenvalue weighted by molar-refractivity contribution is 7.21. The van der Waals surface area contributed by atoms with Crippen molar-refractivity contribution in [2.75, 3.05) is 0 Å². The van der Waals surface area contributed by atoms with Gasteiger partial charge in [-0.3, -0.25) is 0 Å². The third-order valence-corrected chi connectivity index (χ3v) is 12.4. The van der Waals surface area contributed by atoms with E-state index in [0.29, 0.717) is 23.4 Å². The first-order valence-corrected chi connectivity index (χ1v) is 19.5. The van der Waals surface area contributed by atoms with Gasteiger partial charge in [-0.15, -0.1) is 11.3 Å². The van der Waals surface area contributed by atoms with Gasteiger partial charge in [0.2, 0.25) is 0 Å². The van der Waals surface area contributed by atoms with Gasteiger partial charge in [0.1, 0.15) is 11.2 Å². The van der Waals surface area contributed by atoms with Crippen molar-refractivity contribution in [3.63, 3.8) is 0 Å². The number of benzene rings is 7. The molecular weight excluding hydrogens is 691 g/mol. The lowest BCUT2D eigenvalue weighted by molar-refractivity contribution is 0.665. The molecule has 1 aliphatic rings. The Morgan fingerprint density at radius 3 is 2.05 bits per heavy atom. The van der Waals surface area contributed by atoms with E-state index < -0.39 is 0 Å². The van der Waals surface area contributed by atoms with Crippen LogP contribution in [0.25, 0.3) is 94.2 Å². The smallest absolute Gasteiger partial charge is 0.164 e. The highest BCUT2D eigenvalue weighted by Gasteiger charge is 2.29. The van der Waals surface area contributed by atoms with Gasteiger partial charge in [-0.1, -0.05) is 153 Å². The van der Waals surface area contributed by atoms with Crippen LogP contribution in [-0.4, -0.2) is 15.0 Å². The van der Waals surface area contributed by atoms with Gasteiger partial charge in [-0.05, 0) is 68.6 Å². The molecule has 1 aliphatic carbocycles. The van der Waals surface area contributed by atoms with Crippen LogP contribution in [0.15, 0.2) is 168 Å². The zero-order valence-electron chi connectivity index (χ0n) is 30.0. The Kier molecular flexibility index (Phi) is 7.36. The number of hydrogen-bond donors (Lipinski definition) is 0. The SMILES string of the molecule is CC1c2c(sc3c2ccc2ccccc23)C=CC1c1ccc2oc3cccc(-c4nc(-c5ccccc5)nc(-c5ccccc5-c5ccccc5)n4)c3c2c1. The normalized spacial score (nSPS) is 15.3. The lowest BCUT2D eigenvalue weighted by Crippen LogP contribution is -2.09. The minimum Gasteiger partial charge on any atom is -0.456 e. The molecule has 2 atom stereocenters. The Balaban J connectivity index is 1.07. The third-order valence-electron chi connectivity index (χ3n) is 11.2. The molecule has 55 heavy (non-hydrogen) atoms. The van der Waals surface area contributed by atoms with E-state index in [0.717, 1.165) is 49.8 Å². The molecule has 0 radical (unpaired) electrons. The van der Waals surface area contributed by atoms with Crippen LogP contribution in [0.2, 0.25) is 0 Å². The Labute approximate surface area is 322 Å². The van der Waals surface area contributed by atoms with Crippen LogP contribution in [0.3, 0.4) is 0 Å². The van der Waals surface area contributed by atoms with Crippen molar-refractivity contribution in [3.05, 3.63) is 180 Å². The predicted molar refractivity (Wildman–Crippen MR) is 228 cm³/mol. The highest BCUT2D eigenvalue weighted by Crippen LogP contribution is 2.49. The zero-order chi connectivity index (χ0) is 36.5. The first kappa shape index (κ1) is 31.8. The second kappa shape index (κ2) is 12.7. The average Bonchev–Trinajstić information content (AvgIpc) is 3.83. The van der Waals surface area contributed by atoms with E-state index in [1.165, 1.54) is 36.9 Å². The molecule has 11 rings (SSSR count). The molecule has 3 aromatic heterocycles. The maximum absolute atomic E-state index is 6.55. The van der Waals surface area contributed by atoms with Gasteiger partial charge in [0.15, 0.2) is 17.5 Å². The number of nitrogens with zero attached hydrogens (tertiary/aromatic N) is 3. The van der Waals surface area contributed by atoms with Crippen molar-refractivity contribution in [2.24, 2.45) is 0 Å². The summed E-state index contributed by atoms with van der Waals surface area (Å²) in [6.45, 7) is 2.38. The molecule has 0 saturated carbocycles. The zero-order valence-corrected chi connectivity index (χ0v) is 30.8. The van der Waals surface area contributed by atoms with Crippen LogP contribution >= 0.6 is 11.3 Å². The van der Waals surface area contributed by atoms with Crippen LogP contribution in [0.4, 0.5) is 0 Å². The van der Waals surface area contributed by atoms with Crippen molar-refractivity contribution in [3.8, 4) is 45.3 Å². The summed E-state index contributed by atoms with van der Waals surface area (Å²) in [5.41, 5.74) is 9.34. The lowest BCUT2D eigenvalue weighted by atomic mass is 9.78. The second-order valence-corrected chi connectivity index (χ2v) is 15.4. The van der Waals surface area contributed by atoms with E-state index in [4.69, 9.17) is 19.4 Å². The molecule has 0 spiro atoms. The molecule has 260 valence electrons. The Morgan fingerprint density at radius 1 is 0.527 bits per heavy atom. The summed E-state index contributed by atoms with van der Waals surface area (Å²) in [4.78, 5) is 16.9. The molecule has 0 saturated heterocycles. The maximum atomic E-state index is 6.55. The summed E-state index contributed by atoms with van der Waals surface area (Å²) >= 11 is 1.91. The first-order valence-electron chi connectivity index (χ1n) is 18.7. The van der Waals surface area contributed by atoms with Crippen LogP contribution in [-0.2, 0) is 0 Å². The molecule has 7 aromatic carbocycles. The Bertz CT molecular complexity index is 3120. The van der Waals surface area contributed by atoms with Gasteiger partial charge in [0.25, 0.3) is 0 Å². The minimum atomic E-state index is 0.209. The highest BCUT2D eigenvalue weighted by atomic mass is 32.1. The summed E-state index contributed by atoms with van der Waals surface area (Å²) in [7, 11) is 0. The van der Waals surface area contributed by atoms with Gasteiger partial charge in [-0.2, -0.15) is 0 Å². The molecule has 10 aromatic rings. The van der Waals surface area contributed by atoms with E-state index in [1.807, 2.05) is 53.8 Å². The van der Waals surface area contributed by atoms with E-state index in [1.54, 1.807) is 0 Å². The lowest BCUT2D eigenvalue weighted by Gasteiger charge is -2.26. The fourth-order valence-corrected chi connectivity index (χ4v) is 9.87.